The van der Waals surface area contributed by atoms with E-state index in [0.717, 1.165) is 11.4 Å². The van der Waals surface area contributed by atoms with E-state index in [9.17, 15) is 20.1 Å². The van der Waals surface area contributed by atoms with Crippen molar-refractivity contribution in [2.24, 2.45) is 0 Å². The zero-order valence-electron chi connectivity index (χ0n) is 19.4. The van der Waals surface area contributed by atoms with E-state index in [2.05, 4.69) is 35.2 Å². The van der Waals surface area contributed by atoms with Gasteiger partial charge in [-0.05, 0) is 24.3 Å². The molecule has 37 heavy (non-hydrogen) atoms. The van der Waals surface area contributed by atoms with Gasteiger partial charge in [0.15, 0.2) is 6.29 Å². The van der Waals surface area contributed by atoms with Gasteiger partial charge >= 0.3 is 33.9 Å². The maximum atomic E-state index is 12.6. The summed E-state index contributed by atoms with van der Waals surface area (Å²) in [7, 11) is 0. The molecule has 0 spiro atoms. The number of aliphatic hydroxyl groups excluding tert-OH is 4. The van der Waals surface area contributed by atoms with E-state index in [4.69, 9.17) is 23.8 Å². The second-order valence-electron chi connectivity index (χ2n) is 7.11. The summed E-state index contributed by atoms with van der Waals surface area (Å²) in [5, 5.41) is 41.9. The zero-order chi connectivity index (χ0) is 27.5. The molecule has 2 aromatic rings. The second kappa shape index (κ2) is 21.5. The van der Waals surface area contributed by atoms with Crippen LogP contribution in [0.5, 0.6) is 0 Å². The normalized spacial score (nSPS) is 21.6. The average Bonchev–Trinajstić information content (AvgIpc) is 2.93. The van der Waals surface area contributed by atoms with E-state index in [0.29, 0.717) is 13.1 Å². The number of nitrogens with zero attached hydrogens (tertiary/aromatic N) is 3. The van der Waals surface area contributed by atoms with Crippen LogP contribution in [0.2, 0.25) is 0 Å². The number of aliphatic hydroxyl groups is 4. The predicted molar refractivity (Wildman–Crippen MR) is 116 cm³/mol. The second-order valence-corrected chi connectivity index (χ2v) is 7.11. The fourth-order valence-corrected chi connectivity index (χ4v) is 3.30. The third-order valence-electron chi connectivity index (χ3n) is 4.82. The molecule has 3 rings (SSSR count). The van der Waals surface area contributed by atoms with Crippen LogP contribution in [0.4, 0.5) is 0 Å². The van der Waals surface area contributed by atoms with E-state index in [1.54, 1.807) is 24.5 Å². The molecule has 0 aromatic carbocycles. The van der Waals surface area contributed by atoms with Gasteiger partial charge in [0.2, 0.25) is 5.91 Å². The van der Waals surface area contributed by atoms with Crippen molar-refractivity contribution in [2.75, 3.05) is 13.2 Å². The number of rotatable bonds is 8. The summed E-state index contributed by atoms with van der Waals surface area (Å²) in [6, 6.07) is 9.77. The van der Waals surface area contributed by atoms with Crippen LogP contribution < -0.4 is 5.32 Å². The number of hydrogen-bond donors (Lipinski definition) is 5. The van der Waals surface area contributed by atoms with E-state index >= 15 is 0 Å². The van der Waals surface area contributed by atoms with E-state index in [1.165, 1.54) is 0 Å². The van der Waals surface area contributed by atoms with Gasteiger partial charge in [-0.15, -0.1) is 0 Å². The molecule has 1 fully saturated rings. The topological polar surface area (TPSA) is 208 Å². The van der Waals surface area contributed by atoms with Gasteiger partial charge in [0, 0.05) is 45.9 Å². The number of pyridine rings is 2. The van der Waals surface area contributed by atoms with Crippen LogP contribution in [0.1, 0.15) is 11.4 Å². The molecule has 5 atom stereocenters. The molecule has 199 valence electrons. The standard InChI is InChI=1S/C20H26N4O6.3CO.Re/c25-12-15-18(27)19(28)17(20(29)30-15)23-16(26)11-24(9-13-5-1-3-7-21-13)10-14-6-2-4-8-22-14;3*1-2;/h1-8,15,17-20,25,27-29H,9-12H2,(H,23,26);;;;/t15-,17-,18-,19-,20?;;;;/m1..../s1/i;;;;1+0. The molecule has 1 radical (unpaired) electrons. The maximum absolute atomic E-state index is 12.6. The summed E-state index contributed by atoms with van der Waals surface area (Å²) < 4.78 is 27.6. The number of ether oxygens (including phenoxy) is 1. The fourth-order valence-electron chi connectivity index (χ4n) is 3.30. The first kappa shape index (κ1) is 36.6. The number of amides is 1. The summed E-state index contributed by atoms with van der Waals surface area (Å²) in [6.45, 7) is 13.6. The first-order valence-corrected chi connectivity index (χ1v) is 10.2. The number of carbonyl (C=O) groups excluding carboxylic acids is 1. The first-order chi connectivity index (χ1) is 17.5. The Kier molecular flexibility index (Phi) is 21.2. The Balaban J connectivity index is 0. The molecule has 0 saturated carbocycles. The molecule has 1 unspecified atom stereocenters. The van der Waals surface area contributed by atoms with Gasteiger partial charge in [0.25, 0.3) is 0 Å². The molecule has 0 bridgehead atoms. The molecule has 1 aliphatic heterocycles. The summed E-state index contributed by atoms with van der Waals surface area (Å²) in [5.74, 6) is -0.483. The van der Waals surface area contributed by atoms with Crippen LogP contribution in [-0.2, 0) is 57.0 Å². The molecule has 1 amide bonds. The Labute approximate surface area is 227 Å². The Bertz CT molecular complexity index is 878. The van der Waals surface area contributed by atoms with Crippen LogP contribution >= 0.6 is 0 Å². The molecule has 2 aromatic heterocycles. The van der Waals surface area contributed by atoms with Crippen molar-refractivity contribution in [1.29, 1.82) is 0 Å². The quantitative estimate of drug-likeness (QED) is 0.158. The molecule has 14 heteroatoms. The molecule has 13 nitrogen and oxygen atoms in total. The van der Waals surface area contributed by atoms with E-state index in [1.807, 2.05) is 29.2 Å². The number of hydrogen-bond acceptors (Lipinski definition) is 9. The van der Waals surface area contributed by atoms with Crippen molar-refractivity contribution in [3.8, 4) is 0 Å². The monoisotopic (exact) mass is 688 g/mol. The van der Waals surface area contributed by atoms with Crippen LogP contribution in [-0.4, -0.2) is 85.0 Å². The molecular formula is C23H26N4O9Re. The van der Waals surface area contributed by atoms with Gasteiger partial charge in [-0.3, -0.25) is 19.7 Å². The van der Waals surface area contributed by atoms with Crippen molar-refractivity contribution in [3.05, 3.63) is 80.1 Å². The average molecular weight is 688 g/mol. The van der Waals surface area contributed by atoms with Crippen molar-refractivity contribution >= 4 is 5.91 Å². The summed E-state index contributed by atoms with van der Waals surface area (Å²) in [4.78, 5) is 23.0. The van der Waals surface area contributed by atoms with Gasteiger partial charge in [-0.2, -0.15) is 0 Å². The predicted octanol–water partition coefficient (Wildman–Crippen LogP) is -1.72. The van der Waals surface area contributed by atoms with Crippen LogP contribution in [0.3, 0.4) is 0 Å². The minimum absolute atomic E-state index is 0. The van der Waals surface area contributed by atoms with Crippen molar-refractivity contribution < 1.29 is 64.3 Å². The molecule has 1 saturated heterocycles. The summed E-state index contributed by atoms with van der Waals surface area (Å²) >= 11 is 0. The number of nitrogens with one attached hydrogen (secondary N) is 1. The van der Waals surface area contributed by atoms with E-state index < -0.39 is 43.2 Å². The number of aromatic nitrogens is 2. The summed E-state index contributed by atoms with van der Waals surface area (Å²) in [5.41, 5.74) is 1.53. The van der Waals surface area contributed by atoms with Gasteiger partial charge in [0.1, 0.15) is 24.4 Å². The molecular weight excluding hydrogens is 662 g/mol. The summed E-state index contributed by atoms with van der Waals surface area (Å²) in [6.07, 6.45) is -2.30. The molecule has 1 aliphatic rings. The minimum atomic E-state index is -1.57. The Morgan fingerprint density at radius 3 is 1.81 bits per heavy atom. The van der Waals surface area contributed by atoms with E-state index in [-0.39, 0.29) is 27.0 Å². The Morgan fingerprint density at radius 2 is 1.41 bits per heavy atom. The zero-order valence-corrected chi connectivity index (χ0v) is 22.1. The SMILES string of the molecule is O=C(CN(Cc1ccccn1)Cc1ccccn1)N[C@H]1C(O)O[C@H](CO)[C@@H](O)[C@@H]1O.[186Re].[C-]#[O+].[C-]#[O+].[C-]#[O+]. The molecule has 3 heterocycles. The third-order valence-corrected chi connectivity index (χ3v) is 4.82. The molecule has 5 N–H and O–H groups in total. The van der Waals surface area contributed by atoms with Gasteiger partial charge in [-0.1, -0.05) is 12.1 Å². The number of carbonyl (C=O) groups is 1. The third kappa shape index (κ3) is 12.5. The van der Waals surface area contributed by atoms with Crippen molar-refractivity contribution in [3.63, 3.8) is 0 Å². The Hall–Kier alpha value is -2.59. The van der Waals surface area contributed by atoms with Crippen LogP contribution in [0.25, 0.3) is 0 Å². The van der Waals surface area contributed by atoms with Gasteiger partial charge in [-0.25, -0.2) is 0 Å². The van der Waals surface area contributed by atoms with Gasteiger partial charge in [0.05, 0.1) is 24.5 Å². The van der Waals surface area contributed by atoms with Crippen molar-refractivity contribution in [2.45, 2.75) is 43.7 Å². The van der Waals surface area contributed by atoms with Gasteiger partial charge < -0.3 is 30.5 Å². The fraction of sp³-hybridized carbons (Fsp3) is 0.391. The van der Waals surface area contributed by atoms with Crippen molar-refractivity contribution in [1.82, 2.24) is 20.2 Å². The first-order valence-electron chi connectivity index (χ1n) is 10.2. The van der Waals surface area contributed by atoms with Crippen LogP contribution in [0, 0.1) is 20.0 Å². The van der Waals surface area contributed by atoms with Crippen LogP contribution in [0.15, 0.2) is 48.8 Å². The molecule has 0 aliphatic carbocycles. The Morgan fingerprint density at radius 1 is 0.919 bits per heavy atom.